The van der Waals surface area contributed by atoms with Crippen LogP contribution in [0.3, 0.4) is 0 Å². The molecule has 0 aromatic heterocycles. The summed E-state index contributed by atoms with van der Waals surface area (Å²) < 4.78 is 9.47. The zero-order valence-corrected chi connectivity index (χ0v) is 15.1. The van der Waals surface area contributed by atoms with Gasteiger partial charge in [-0.15, -0.1) is 0 Å². The molecule has 24 heavy (non-hydrogen) atoms. The maximum absolute atomic E-state index is 11.8. The Balaban J connectivity index is 3.19. The van der Waals surface area contributed by atoms with E-state index in [2.05, 4.69) is 9.73 Å². The number of esters is 2. The number of hydrogen-bond acceptors (Lipinski definition) is 6. The lowest BCUT2D eigenvalue weighted by Crippen LogP contribution is -2.17. The van der Waals surface area contributed by atoms with Crippen LogP contribution < -0.4 is 0 Å². The Morgan fingerprint density at radius 2 is 2.04 bits per heavy atom. The van der Waals surface area contributed by atoms with Crippen LogP contribution >= 0.6 is 34.8 Å². The summed E-state index contributed by atoms with van der Waals surface area (Å²) in [6.07, 6.45) is 1.69. The monoisotopic (exact) mass is 390 g/mol. The van der Waals surface area contributed by atoms with Gasteiger partial charge in [0.15, 0.2) is 5.92 Å². The number of methoxy groups -OCH3 is 1. The maximum atomic E-state index is 11.8. The molecule has 0 aliphatic carbocycles. The summed E-state index contributed by atoms with van der Waals surface area (Å²) >= 11 is 18.0. The van der Waals surface area contributed by atoms with E-state index < -0.39 is 17.9 Å². The normalized spacial score (nSPS) is 11.8. The fourth-order valence-electron chi connectivity index (χ4n) is 1.56. The first-order chi connectivity index (χ1) is 11.4. The lowest BCUT2D eigenvalue weighted by Gasteiger charge is -2.09. The van der Waals surface area contributed by atoms with Crippen molar-refractivity contribution >= 4 is 58.6 Å². The van der Waals surface area contributed by atoms with Gasteiger partial charge in [-0.25, -0.2) is 4.79 Å². The standard InChI is InChI=1S/C15H13Cl3N2O4/c1-3-4-24-14(21)8(6-19)7-20-10-5-9(16)12(17)11(13(10)18)15(22)23-2/h5,7-8H,3-4H2,1-2H3. The molecule has 0 spiro atoms. The Morgan fingerprint density at radius 3 is 2.58 bits per heavy atom. The molecule has 1 rings (SSSR count). The number of benzene rings is 1. The van der Waals surface area contributed by atoms with Gasteiger partial charge in [-0.2, -0.15) is 5.26 Å². The molecule has 1 aromatic rings. The number of aliphatic imine (C=N–C) groups is 1. The molecule has 1 unspecified atom stereocenters. The highest BCUT2D eigenvalue weighted by Gasteiger charge is 2.22. The van der Waals surface area contributed by atoms with E-state index in [1.165, 1.54) is 6.07 Å². The highest BCUT2D eigenvalue weighted by atomic mass is 35.5. The Bertz CT molecular complexity index is 714. The predicted octanol–water partition coefficient (Wildman–Crippen LogP) is 4.23. The Hall–Kier alpha value is -1.81. The molecule has 0 saturated carbocycles. The van der Waals surface area contributed by atoms with Gasteiger partial charge in [0.2, 0.25) is 0 Å². The van der Waals surface area contributed by atoms with Crippen LogP contribution in [0, 0.1) is 17.2 Å². The molecular formula is C15H13Cl3N2O4. The number of nitrogens with zero attached hydrogens (tertiary/aromatic N) is 2. The Labute approximate surface area is 153 Å². The van der Waals surface area contributed by atoms with Crippen molar-refractivity contribution in [1.82, 2.24) is 0 Å². The molecular weight excluding hydrogens is 379 g/mol. The summed E-state index contributed by atoms with van der Waals surface area (Å²) in [5, 5.41) is 8.87. The van der Waals surface area contributed by atoms with Crippen LogP contribution in [0.15, 0.2) is 11.1 Å². The summed E-state index contributed by atoms with van der Waals surface area (Å²) in [5.41, 5.74) is -0.0856. The van der Waals surface area contributed by atoms with Crippen LogP contribution in [0.1, 0.15) is 23.7 Å². The zero-order valence-electron chi connectivity index (χ0n) is 12.8. The van der Waals surface area contributed by atoms with Crippen molar-refractivity contribution in [2.75, 3.05) is 13.7 Å². The molecule has 0 heterocycles. The summed E-state index contributed by atoms with van der Waals surface area (Å²) in [6.45, 7) is 2.03. The van der Waals surface area contributed by atoms with E-state index in [1.54, 1.807) is 6.07 Å². The van der Waals surface area contributed by atoms with Gasteiger partial charge in [0.1, 0.15) is 5.56 Å². The molecule has 128 valence electrons. The lowest BCUT2D eigenvalue weighted by molar-refractivity contribution is -0.144. The second kappa shape index (κ2) is 9.48. The second-order valence-corrected chi connectivity index (χ2v) is 5.59. The van der Waals surface area contributed by atoms with Gasteiger partial charge in [0.05, 0.1) is 40.5 Å². The molecule has 0 aliphatic rings. The van der Waals surface area contributed by atoms with E-state index in [4.69, 9.17) is 44.8 Å². The van der Waals surface area contributed by atoms with Gasteiger partial charge < -0.3 is 9.47 Å². The Kier molecular flexibility index (Phi) is 7.99. The van der Waals surface area contributed by atoms with Gasteiger partial charge in [-0.1, -0.05) is 41.7 Å². The molecule has 6 nitrogen and oxygen atoms in total. The van der Waals surface area contributed by atoms with Crippen LogP contribution in [0.4, 0.5) is 5.69 Å². The highest BCUT2D eigenvalue weighted by Crippen LogP contribution is 2.39. The van der Waals surface area contributed by atoms with Crippen molar-refractivity contribution in [3.8, 4) is 6.07 Å². The first-order valence-electron chi connectivity index (χ1n) is 6.73. The topological polar surface area (TPSA) is 88.8 Å². The fraction of sp³-hybridized carbons (Fsp3) is 0.333. The molecule has 0 fully saturated rings. The van der Waals surface area contributed by atoms with E-state index in [0.29, 0.717) is 6.42 Å². The summed E-state index contributed by atoms with van der Waals surface area (Å²) in [5.74, 6) is -2.74. The second-order valence-electron chi connectivity index (χ2n) is 4.42. The third-order valence-corrected chi connectivity index (χ3v) is 3.90. The lowest BCUT2D eigenvalue weighted by atomic mass is 10.1. The molecule has 0 saturated heterocycles. The SMILES string of the molecule is CCCOC(=O)C(C#N)C=Nc1cc(Cl)c(Cl)c(C(=O)OC)c1Cl. The van der Waals surface area contributed by atoms with Crippen LogP contribution in [0.25, 0.3) is 0 Å². The number of halogens is 3. The van der Waals surface area contributed by atoms with Crippen molar-refractivity contribution in [2.45, 2.75) is 13.3 Å². The third kappa shape index (κ3) is 4.84. The van der Waals surface area contributed by atoms with Gasteiger partial charge in [-0.05, 0) is 12.5 Å². The third-order valence-electron chi connectivity index (χ3n) is 2.73. The number of hydrogen-bond donors (Lipinski definition) is 0. The van der Waals surface area contributed by atoms with Crippen LogP contribution in [-0.4, -0.2) is 31.9 Å². The van der Waals surface area contributed by atoms with Crippen LogP contribution in [-0.2, 0) is 14.3 Å². The first kappa shape index (κ1) is 20.2. The van der Waals surface area contributed by atoms with E-state index in [0.717, 1.165) is 13.3 Å². The molecule has 0 N–H and O–H groups in total. The number of carbonyl (C=O) groups is 2. The van der Waals surface area contributed by atoms with E-state index in [9.17, 15) is 9.59 Å². The average molecular weight is 392 g/mol. The van der Waals surface area contributed by atoms with E-state index in [-0.39, 0.29) is 32.9 Å². The average Bonchev–Trinajstić information content (AvgIpc) is 2.57. The highest BCUT2D eigenvalue weighted by molar-refractivity contribution is 6.47. The molecule has 0 radical (unpaired) electrons. The van der Waals surface area contributed by atoms with Gasteiger partial charge in [0.25, 0.3) is 0 Å². The summed E-state index contributed by atoms with van der Waals surface area (Å²) in [6, 6.07) is 3.06. The van der Waals surface area contributed by atoms with E-state index >= 15 is 0 Å². The van der Waals surface area contributed by atoms with Crippen molar-refractivity contribution in [1.29, 1.82) is 5.26 Å². The largest absolute Gasteiger partial charge is 0.465 e. The first-order valence-corrected chi connectivity index (χ1v) is 7.86. The van der Waals surface area contributed by atoms with Crippen molar-refractivity contribution in [2.24, 2.45) is 10.9 Å². The number of nitriles is 1. The zero-order chi connectivity index (χ0) is 18.3. The molecule has 0 bridgehead atoms. The minimum absolute atomic E-state index is 0.0238. The van der Waals surface area contributed by atoms with E-state index in [1.807, 2.05) is 6.92 Å². The van der Waals surface area contributed by atoms with Gasteiger partial charge in [0, 0.05) is 6.21 Å². The predicted molar refractivity (Wildman–Crippen MR) is 91.3 cm³/mol. The van der Waals surface area contributed by atoms with Crippen molar-refractivity contribution in [3.63, 3.8) is 0 Å². The number of ether oxygens (including phenoxy) is 2. The number of rotatable bonds is 6. The molecule has 1 aromatic carbocycles. The molecule has 0 amide bonds. The van der Waals surface area contributed by atoms with Crippen LogP contribution in [0.2, 0.25) is 15.1 Å². The molecule has 1 atom stereocenters. The van der Waals surface area contributed by atoms with Gasteiger partial charge >= 0.3 is 11.9 Å². The van der Waals surface area contributed by atoms with Crippen molar-refractivity contribution < 1.29 is 19.1 Å². The quantitative estimate of drug-likeness (QED) is 0.411. The summed E-state index contributed by atoms with van der Waals surface area (Å²) in [4.78, 5) is 27.4. The van der Waals surface area contributed by atoms with Crippen LogP contribution in [0.5, 0.6) is 0 Å². The molecule has 0 aliphatic heterocycles. The number of carbonyl (C=O) groups excluding carboxylic acids is 2. The minimum Gasteiger partial charge on any atom is -0.465 e. The Morgan fingerprint density at radius 1 is 1.38 bits per heavy atom. The fourth-order valence-corrected chi connectivity index (χ4v) is 2.31. The molecule has 9 heteroatoms. The van der Waals surface area contributed by atoms with Gasteiger partial charge in [-0.3, -0.25) is 9.79 Å². The smallest absolute Gasteiger partial charge is 0.341 e. The van der Waals surface area contributed by atoms with Crippen molar-refractivity contribution in [3.05, 3.63) is 26.7 Å². The maximum Gasteiger partial charge on any atom is 0.341 e. The minimum atomic E-state index is -1.22. The summed E-state index contributed by atoms with van der Waals surface area (Å²) in [7, 11) is 1.16.